The number of carbonyl (C=O) groups excluding carboxylic acids is 2. The van der Waals surface area contributed by atoms with Crippen molar-refractivity contribution >= 4 is 11.9 Å². The highest BCUT2D eigenvalue weighted by atomic mass is 16.7. The van der Waals surface area contributed by atoms with E-state index in [-0.39, 0.29) is 26.1 Å². The summed E-state index contributed by atoms with van der Waals surface area (Å²) < 4.78 is 22.1. The van der Waals surface area contributed by atoms with Gasteiger partial charge < -0.3 is 39.4 Å². The molecular formula is C53H96O10. The van der Waals surface area contributed by atoms with Gasteiger partial charge in [0.15, 0.2) is 12.4 Å². The van der Waals surface area contributed by atoms with Gasteiger partial charge in [0.25, 0.3) is 0 Å². The zero-order valence-corrected chi connectivity index (χ0v) is 40.3. The Morgan fingerprint density at radius 1 is 0.476 bits per heavy atom. The van der Waals surface area contributed by atoms with E-state index >= 15 is 0 Å². The lowest BCUT2D eigenvalue weighted by atomic mass is 9.99. The molecule has 0 spiro atoms. The number of hydrogen-bond donors (Lipinski definition) is 4. The lowest BCUT2D eigenvalue weighted by Crippen LogP contribution is -2.59. The van der Waals surface area contributed by atoms with Crippen molar-refractivity contribution in [1.29, 1.82) is 0 Å². The van der Waals surface area contributed by atoms with Gasteiger partial charge in [-0.1, -0.05) is 198 Å². The molecule has 0 aromatic rings. The average Bonchev–Trinajstić information content (AvgIpc) is 3.28. The first-order valence-corrected chi connectivity index (χ1v) is 26.1. The molecule has 0 aromatic carbocycles. The number of allylic oxidation sites excluding steroid dienone is 6. The molecule has 4 N–H and O–H groups in total. The fraction of sp³-hybridized carbons (Fsp3) is 0.849. The van der Waals surface area contributed by atoms with Crippen molar-refractivity contribution in [3.63, 3.8) is 0 Å². The maximum absolute atomic E-state index is 12.8. The number of rotatable bonds is 44. The SMILES string of the molecule is CCCCCCCCCCCCC/C=C/CCC(=O)OC[C@H](CO[C@@H]1O[C@H](CO)[C@H](O)C(O)C1O)OC(=O)CCC/C=C/CC/C=C/CCCCCCCCCCCCCCCC. The van der Waals surface area contributed by atoms with E-state index < -0.39 is 55.4 Å². The lowest BCUT2D eigenvalue weighted by molar-refractivity contribution is -0.305. The van der Waals surface area contributed by atoms with E-state index in [0.717, 1.165) is 38.5 Å². The largest absolute Gasteiger partial charge is 0.462 e. The van der Waals surface area contributed by atoms with Gasteiger partial charge in [-0.05, 0) is 57.8 Å². The summed E-state index contributed by atoms with van der Waals surface area (Å²) in [5, 5.41) is 40.2. The molecule has 10 heteroatoms. The first kappa shape index (κ1) is 58.9. The second-order valence-electron chi connectivity index (χ2n) is 18.0. The smallest absolute Gasteiger partial charge is 0.306 e. The molecule has 10 nitrogen and oxygen atoms in total. The molecule has 1 heterocycles. The van der Waals surface area contributed by atoms with Crippen LogP contribution in [0.2, 0.25) is 0 Å². The van der Waals surface area contributed by atoms with E-state index in [4.69, 9.17) is 18.9 Å². The molecule has 6 atom stereocenters. The van der Waals surface area contributed by atoms with Crippen LogP contribution in [-0.2, 0) is 28.5 Å². The summed E-state index contributed by atoms with van der Waals surface area (Å²) in [5.74, 6) is -0.906. The highest BCUT2D eigenvalue weighted by molar-refractivity contribution is 5.70. The molecule has 0 bridgehead atoms. The van der Waals surface area contributed by atoms with Crippen molar-refractivity contribution in [2.75, 3.05) is 19.8 Å². The Morgan fingerprint density at radius 2 is 0.889 bits per heavy atom. The Balaban J connectivity index is 2.29. The lowest BCUT2D eigenvalue weighted by Gasteiger charge is -2.39. The van der Waals surface area contributed by atoms with Crippen LogP contribution in [0.5, 0.6) is 0 Å². The maximum atomic E-state index is 12.8. The minimum Gasteiger partial charge on any atom is -0.462 e. The molecule has 0 aromatic heterocycles. The van der Waals surface area contributed by atoms with Crippen molar-refractivity contribution in [1.82, 2.24) is 0 Å². The quantitative estimate of drug-likeness (QED) is 0.0264. The zero-order valence-electron chi connectivity index (χ0n) is 40.3. The summed E-state index contributed by atoms with van der Waals surface area (Å²) in [4.78, 5) is 25.4. The number of hydrogen-bond acceptors (Lipinski definition) is 10. The molecule has 0 radical (unpaired) electrons. The summed E-state index contributed by atoms with van der Waals surface area (Å²) in [6.45, 7) is 3.38. The Hall–Kier alpha value is -2.08. The van der Waals surface area contributed by atoms with E-state index in [0.29, 0.717) is 12.8 Å². The van der Waals surface area contributed by atoms with Gasteiger partial charge in [0, 0.05) is 12.8 Å². The van der Waals surface area contributed by atoms with Crippen LogP contribution >= 0.6 is 0 Å². The first-order chi connectivity index (χ1) is 30.8. The number of esters is 2. The third kappa shape index (κ3) is 34.9. The predicted octanol–water partition coefficient (Wildman–Crippen LogP) is 12.2. The van der Waals surface area contributed by atoms with Gasteiger partial charge >= 0.3 is 11.9 Å². The monoisotopic (exact) mass is 893 g/mol. The van der Waals surface area contributed by atoms with Gasteiger partial charge in [0.1, 0.15) is 31.0 Å². The topological polar surface area (TPSA) is 152 Å². The summed E-state index contributed by atoms with van der Waals surface area (Å²) in [5.41, 5.74) is 0. The summed E-state index contributed by atoms with van der Waals surface area (Å²) >= 11 is 0. The third-order valence-electron chi connectivity index (χ3n) is 12.0. The second-order valence-corrected chi connectivity index (χ2v) is 18.0. The molecule has 2 unspecified atom stereocenters. The van der Waals surface area contributed by atoms with Gasteiger partial charge in [0.05, 0.1) is 13.2 Å². The zero-order chi connectivity index (χ0) is 45.9. The highest BCUT2D eigenvalue weighted by Crippen LogP contribution is 2.23. The molecule has 1 rings (SSSR count). The number of carbonyl (C=O) groups is 2. The van der Waals surface area contributed by atoms with Gasteiger partial charge in [-0.3, -0.25) is 9.59 Å². The van der Waals surface area contributed by atoms with Crippen LogP contribution in [0.15, 0.2) is 36.5 Å². The van der Waals surface area contributed by atoms with Crippen LogP contribution in [0.1, 0.15) is 232 Å². The van der Waals surface area contributed by atoms with Gasteiger partial charge in [0.2, 0.25) is 0 Å². The summed E-state index contributed by atoms with van der Waals surface area (Å²) in [6, 6.07) is 0. The Labute approximate surface area is 385 Å². The number of unbranched alkanes of at least 4 members (excludes halogenated alkanes) is 27. The van der Waals surface area contributed by atoms with E-state index in [9.17, 15) is 30.0 Å². The normalized spacial score (nSPS) is 19.7. The molecule has 0 saturated carbocycles. The fourth-order valence-electron chi connectivity index (χ4n) is 7.87. The number of aliphatic hydroxyl groups excluding tert-OH is 4. The van der Waals surface area contributed by atoms with Crippen LogP contribution < -0.4 is 0 Å². The molecular weight excluding hydrogens is 797 g/mol. The molecule has 0 aliphatic carbocycles. The van der Waals surface area contributed by atoms with Crippen LogP contribution in [0.3, 0.4) is 0 Å². The van der Waals surface area contributed by atoms with Crippen LogP contribution in [0, 0.1) is 0 Å². The molecule has 1 aliphatic heterocycles. The van der Waals surface area contributed by atoms with Crippen LogP contribution in [0.4, 0.5) is 0 Å². The average molecular weight is 893 g/mol. The summed E-state index contributed by atoms with van der Waals surface area (Å²) in [6.07, 6.45) is 44.7. The van der Waals surface area contributed by atoms with Gasteiger partial charge in [-0.15, -0.1) is 0 Å². The molecule has 1 aliphatic rings. The Morgan fingerprint density at radius 3 is 1.35 bits per heavy atom. The Kier molecular flexibility index (Phi) is 41.0. The fourth-order valence-corrected chi connectivity index (χ4v) is 7.87. The van der Waals surface area contributed by atoms with E-state index in [2.05, 4.69) is 44.2 Å². The number of ether oxygens (including phenoxy) is 4. The predicted molar refractivity (Wildman–Crippen MR) is 256 cm³/mol. The Bertz CT molecular complexity index is 1120. The third-order valence-corrected chi connectivity index (χ3v) is 12.0. The summed E-state index contributed by atoms with van der Waals surface area (Å²) in [7, 11) is 0. The molecule has 1 fully saturated rings. The number of aliphatic hydroxyl groups is 4. The molecule has 0 amide bonds. The van der Waals surface area contributed by atoms with Gasteiger partial charge in [-0.25, -0.2) is 0 Å². The molecule has 63 heavy (non-hydrogen) atoms. The van der Waals surface area contributed by atoms with E-state index in [1.165, 1.54) is 154 Å². The van der Waals surface area contributed by atoms with Crippen molar-refractivity contribution in [2.45, 2.75) is 269 Å². The van der Waals surface area contributed by atoms with E-state index in [1.54, 1.807) is 0 Å². The second kappa shape index (κ2) is 43.8. The van der Waals surface area contributed by atoms with Crippen LogP contribution in [0.25, 0.3) is 0 Å². The van der Waals surface area contributed by atoms with Crippen molar-refractivity contribution in [3.8, 4) is 0 Å². The van der Waals surface area contributed by atoms with Crippen molar-refractivity contribution < 1.29 is 49.0 Å². The maximum Gasteiger partial charge on any atom is 0.306 e. The minimum atomic E-state index is -1.61. The van der Waals surface area contributed by atoms with Crippen molar-refractivity contribution in [3.05, 3.63) is 36.5 Å². The van der Waals surface area contributed by atoms with Gasteiger partial charge in [-0.2, -0.15) is 0 Å². The standard InChI is InChI=1S/C53H96O10/c1-3-5-7-9-11-13-15-17-19-20-21-22-23-24-25-26-28-30-32-34-36-38-40-42-49(56)62-46(45-61-53-52(59)51(58)50(57)47(43-54)63-53)44-60-48(55)41-39-37-35-33-31-29-27-18-16-14-12-10-8-6-4-2/h26,28,34-37,46-47,50-54,57-59H,3-25,27,29-33,38-45H2,1-2H3/b28-26+,36-34+,37-35+/t46-,47-,50+,51?,52?,53-/m1/s1. The molecule has 1 saturated heterocycles. The van der Waals surface area contributed by atoms with Crippen LogP contribution in [-0.4, -0.2) is 89.0 Å². The van der Waals surface area contributed by atoms with E-state index in [1.807, 2.05) is 6.08 Å². The van der Waals surface area contributed by atoms with Crippen molar-refractivity contribution in [2.24, 2.45) is 0 Å². The minimum absolute atomic E-state index is 0.165. The first-order valence-electron chi connectivity index (χ1n) is 26.1. The molecule has 368 valence electrons. The highest BCUT2D eigenvalue weighted by Gasteiger charge is 2.44.